The molecule has 1 aromatic carbocycles. The molecule has 1 rings (SSSR count). The van der Waals surface area contributed by atoms with Crippen LogP contribution < -0.4 is 5.32 Å². The zero-order chi connectivity index (χ0) is 16.0. The van der Waals surface area contributed by atoms with Crippen molar-refractivity contribution < 1.29 is 4.79 Å². The Kier molecular flexibility index (Phi) is 6.75. The summed E-state index contributed by atoms with van der Waals surface area (Å²) in [7, 11) is -1.14. The predicted molar refractivity (Wildman–Crippen MR) is 97.8 cm³/mol. The molecular weight excluding hydrogens is 294 g/mol. The van der Waals surface area contributed by atoms with Crippen molar-refractivity contribution in [1.29, 1.82) is 0 Å². The summed E-state index contributed by atoms with van der Waals surface area (Å²) in [4.78, 5) is 12.3. The third-order valence-electron chi connectivity index (χ3n) is 3.45. The summed E-state index contributed by atoms with van der Waals surface area (Å²) in [6.45, 7) is 11.0. The molecule has 0 aliphatic carbocycles. The molecule has 1 N–H and O–H groups in total. The third-order valence-corrected chi connectivity index (χ3v) is 5.07. The molecule has 0 aliphatic rings. The number of Topliss-reactive ketones (excluding diaryl/α,β-unsaturated/α-hetero) is 1. The first kappa shape index (κ1) is 18.0. The van der Waals surface area contributed by atoms with E-state index in [4.69, 9.17) is 12.2 Å². The smallest absolute Gasteiger partial charge is 0.133 e. The Balaban J connectivity index is 2.65. The number of rotatable bonds is 7. The van der Waals surface area contributed by atoms with Gasteiger partial charge in [0.05, 0.1) is 8.07 Å². The standard InChI is InChI=1S/C17H27NOSSi/c1-6-16(19)11-13(2)14-7-9-15(10-8-14)17(20)18-12-21(3,4)5/h7-10,13H,6,11-12H2,1-5H3,(H,18,20). The highest BCUT2D eigenvalue weighted by Crippen LogP contribution is 2.20. The summed E-state index contributed by atoms with van der Waals surface area (Å²) in [5.41, 5.74) is 2.26. The first-order valence-electron chi connectivity index (χ1n) is 7.63. The molecule has 1 atom stereocenters. The summed E-state index contributed by atoms with van der Waals surface area (Å²) in [5.74, 6) is 0.592. The minimum atomic E-state index is -1.14. The van der Waals surface area contributed by atoms with Gasteiger partial charge in [0.2, 0.25) is 0 Å². The Bertz CT molecular complexity index is 491. The second kappa shape index (κ2) is 7.85. The van der Waals surface area contributed by atoms with Crippen LogP contribution in [0.3, 0.4) is 0 Å². The SMILES string of the molecule is CCC(=O)CC(C)c1ccc(C(=S)NC[Si](C)(C)C)cc1. The van der Waals surface area contributed by atoms with Gasteiger partial charge in [0.15, 0.2) is 0 Å². The van der Waals surface area contributed by atoms with E-state index in [1.165, 1.54) is 5.56 Å². The molecule has 0 saturated heterocycles. The lowest BCUT2D eigenvalue weighted by Gasteiger charge is -2.18. The highest BCUT2D eigenvalue weighted by molar-refractivity contribution is 7.80. The molecule has 0 saturated carbocycles. The van der Waals surface area contributed by atoms with E-state index < -0.39 is 8.07 Å². The van der Waals surface area contributed by atoms with Gasteiger partial charge < -0.3 is 5.32 Å². The van der Waals surface area contributed by atoms with Crippen molar-refractivity contribution in [1.82, 2.24) is 5.32 Å². The number of benzene rings is 1. The lowest BCUT2D eigenvalue weighted by Crippen LogP contribution is -2.39. The fourth-order valence-electron chi connectivity index (χ4n) is 2.01. The minimum Gasteiger partial charge on any atom is -0.379 e. The molecule has 21 heavy (non-hydrogen) atoms. The van der Waals surface area contributed by atoms with Crippen LogP contribution in [0.2, 0.25) is 19.6 Å². The van der Waals surface area contributed by atoms with Crippen molar-refractivity contribution in [2.24, 2.45) is 0 Å². The first-order valence-corrected chi connectivity index (χ1v) is 11.7. The van der Waals surface area contributed by atoms with E-state index in [1.54, 1.807) is 0 Å². The van der Waals surface area contributed by atoms with Crippen molar-refractivity contribution >= 4 is 31.1 Å². The Morgan fingerprint density at radius 1 is 1.24 bits per heavy atom. The molecule has 1 aromatic rings. The van der Waals surface area contributed by atoms with Crippen LogP contribution in [0.15, 0.2) is 24.3 Å². The molecule has 1 unspecified atom stereocenters. The van der Waals surface area contributed by atoms with E-state index in [0.29, 0.717) is 18.6 Å². The van der Waals surface area contributed by atoms with Crippen LogP contribution in [0.5, 0.6) is 0 Å². The topological polar surface area (TPSA) is 29.1 Å². The van der Waals surface area contributed by atoms with Gasteiger partial charge in [0.25, 0.3) is 0 Å². The highest BCUT2D eigenvalue weighted by atomic mass is 32.1. The minimum absolute atomic E-state index is 0.273. The molecule has 0 bridgehead atoms. The molecular formula is C17H27NOSSi. The van der Waals surface area contributed by atoms with Gasteiger partial charge in [-0.05, 0) is 11.5 Å². The van der Waals surface area contributed by atoms with Crippen LogP contribution in [-0.2, 0) is 4.79 Å². The highest BCUT2D eigenvalue weighted by Gasteiger charge is 2.14. The number of nitrogens with one attached hydrogen (secondary N) is 1. The molecule has 116 valence electrons. The van der Waals surface area contributed by atoms with E-state index >= 15 is 0 Å². The summed E-state index contributed by atoms with van der Waals surface area (Å²) in [5, 5.41) is 3.37. The van der Waals surface area contributed by atoms with E-state index in [-0.39, 0.29) is 5.92 Å². The van der Waals surface area contributed by atoms with Crippen LogP contribution >= 0.6 is 12.2 Å². The summed E-state index contributed by atoms with van der Waals surface area (Å²) in [6, 6.07) is 8.29. The second-order valence-electron chi connectivity index (χ2n) is 6.86. The number of hydrogen-bond acceptors (Lipinski definition) is 2. The van der Waals surface area contributed by atoms with E-state index in [9.17, 15) is 4.79 Å². The van der Waals surface area contributed by atoms with E-state index in [2.05, 4.69) is 56.1 Å². The number of hydrogen-bond donors (Lipinski definition) is 1. The monoisotopic (exact) mass is 321 g/mol. The maximum Gasteiger partial charge on any atom is 0.133 e. The van der Waals surface area contributed by atoms with Gasteiger partial charge in [0, 0.05) is 24.6 Å². The summed E-state index contributed by atoms with van der Waals surface area (Å²) >= 11 is 5.44. The average Bonchev–Trinajstić information content (AvgIpc) is 2.43. The largest absolute Gasteiger partial charge is 0.379 e. The molecule has 0 aliphatic heterocycles. The van der Waals surface area contributed by atoms with Crippen LogP contribution in [0.25, 0.3) is 0 Å². The Morgan fingerprint density at radius 3 is 2.29 bits per heavy atom. The Morgan fingerprint density at radius 2 is 1.81 bits per heavy atom. The number of ketones is 1. The van der Waals surface area contributed by atoms with Crippen LogP contribution in [0.1, 0.15) is 43.7 Å². The van der Waals surface area contributed by atoms with Gasteiger partial charge in [-0.25, -0.2) is 0 Å². The number of thiocarbonyl (C=S) groups is 1. The van der Waals surface area contributed by atoms with Crippen LogP contribution in [0.4, 0.5) is 0 Å². The molecule has 2 nitrogen and oxygen atoms in total. The van der Waals surface area contributed by atoms with Crippen LogP contribution in [-0.4, -0.2) is 25.0 Å². The molecule has 0 radical (unpaired) electrons. The van der Waals surface area contributed by atoms with Crippen LogP contribution in [0, 0.1) is 0 Å². The van der Waals surface area contributed by atoms with Gasteiger partial charge in [-0.1, -0.05) is 70.0 Å². The second-order valence-corrected chi connectivity index (χ2v) is 12.7. The van der Waals surface area contributed by atoms with Crippen molar-refractivity contribution in [3.8, 4) is 0 Å². The average molecular weight is 322 g/mol. The predicted octanol–water partition coefficient (Wildman–Crippen LogP) is 4.30. The van der Waals surface area contributed by atoms with Crippen molar-refractivity contribution in [2.75, 3.05) is 6.17 Å². The lowest BCUT2D eigenvalue weighted by molar-refractivity contribution is -0.119. The summed E-state index contributed by atoms with van der Waals surface area (Å²) < 4.78 is 0. The summed E-state index contributed by atoms with van der Waals surface area (Å²) in [6.07, 6.45) is 2.23. The molecule has 0 aromatic heterocycles. The van der Waals surface area contributed by atoms with Gasteiger partial charge >= 0.3 is 0 Å². The van der Waals surface area contributed by atoms with Crippen molar-refractivity contribution in [3.05, 3.63) is 35.4 Å². The quantitative estimate of drug-likeness (QED) is 0.599. The fourth-order valence-corrected chi connectivity index (χ4v) is 3.06. The first-order chi connectivity index (χ1) is 9.73. The zero-order valence-corrected chi connectivity index (χ0v) is 15.6. The maximum atomic E-state index is 11.5. The third kappa shape index (κ3) is 6.53. The van der Waals surface area contributed by atoms with Crippen molar-refractivity contribution in [3.63, 3.8) is 0 Å². The van der Waals surface area contributed by atoms with Gasteiger partial charge in [-0.2, -0.15) is 0 Å². The maximum absolute atomic E-state index is 11.5. The van der Waals surface area contributed by atoms with E-state index in [0.717, 1.165) is 16.7 Å². The fraction of sp³-hybridized carbons (Fsp3) is 0.529. The van der Waals surface area contributed by atoms with E-state index in [1.807, 2.05) is 6.92 Å². The molecule has 0 spiro atoms. The molecule has 0 amide bonds. The lowest BCUT2D eigenvalue weighted by atomic mass is 9.94. The van der Waals surface area contributed by atoms with Crippen molar-refractivity contribution in [2.45, 2.75) is 52.2 Å². The normalized spacial score (nSPS) is 12.8. The number of carbonyl (C=O) groups excluding carboxylic acids is 1. The molecule has 0 heterocycles. The molecule has 4 heteroatoms. The van der Waals surface area contributed by atoms with Gasteiger partial charge in [-0.3, -0.25) is 4.79 Å². The molecule has 0 fully saturated rings. The Labute approximate surface area is 135 Å². The number of carbonyl (C=O) groups is 1. The zero-order valence-electron chi connectivity index (χ0n) is 13.8. The Hall–Kier alpha value is -1.00. The van der Waals surface area contributed by atoms with Gasteiger partial charge in [0.1, 0.15) is 10.8 Å². The van der Waals surface area contributed by atoms with Gasteiger partial charge in [-0.15, -0.1) is 0 Å².